The Morgan fingerprint density at radius 3 is 2.24 bits per heavy atom. The highest BCUT2D eigenvalue weighted by atomic mass is 79.9. The summed E-state index contributed by atoms with van der Waals surface area (Å²) in [6, 6.07) is 7.93. The lowest BCUT2D eigenvalue weighted by molar-refractivity contribution is -0.0846. The van der Waals surface area contributed by atoms with Gasteiger partial charge in [-0.2, -0.15) is 0 Å². The van der Waals surface area contributed by atoms with E-state index in [0.717, 1.165) is 16.6 Å². The molecule has 1 aromatic rings. The van der Waals surface area contributed by atoms with Crippen molar-refractivity contribution in [1.82, 2.24) is 0 Å². The summed E-state index contributed by atoms with van der Waals surface area (Å²) < 4.78 is 13.1. The average molecular weight is 299 g/mol. The summed E-state index contributed by atoms with van der Waals surface area (Å²) in [6.07, 6.45) is 1.01. The van der Waals surface area contributed by atoms with Gasteiger partial charge in [0.05, 0.1) is 5.60 Å². The molecule has 0 aliphatic carbocycles. The molecule has 0 bridgehead atoms. The van der Waals surface area contributed by atoms with Crippen molar-refractivity contribution in [3.63, 3.8) is 0 Å². The van der Waals surface area contributed by atoms with Crippen LogP contribution in [0.3, 0.4) is 0 Å². The molecule has 2 nitrogen and oxygen atoms in total. The van der Waals surface area contributed by atoms with Crippen molar-refractivity contribution in [3.8, 4) is 5.75 Å². The van der Waals surface area contributed by atoms with E-state index >= 15 is 0 Å². The van der Waals surface area contributed by atoms with E-state index < -0.39 is 0 Å². The highest BCUT2D eigenvalue weighted by Gasteiger charge is 2.47. The normalized spacial score (nSPS) is 25.8. The summed E-state index contributed by atoms with van der Waals surface area (Å²) in [6.45, 7) is 8.40. The summed E-state index contributed by atoms with van der Waals surface area (Å²) >= 11 is 3.42. The van der Waals surface area contributed by atoms with Gasteiger partial charge in [-0.3, -0.25) is 0 Å². The van der Waals surface area contributed by atoms with E-state index in [4.69, 9.17) is 9.47 Å². The van der Waals surface area contributed by atoms with E-state index in [9.17, 15) is 0 Å². The molecule has 17 heavy (non-hydrogen) atoms. The number of hydrogen-bond acceptors (Lipinski definition) is 2. The zero-order valence-corrected chi connectivity index (χ0v) is 12.4. The summed E-state index contributed by atoms with van der Waals surface area (Å²) in [7, 11) is 0. The minimum Gasteiger partial charge on any atom is -0.487 e. The zero-order chi connectivity index (χ0) is 12.7. The minimum atomic E-state index is -0.240. The maximum absolute atomic E-state index is 6.04. The SMILES string of the molecule is CC1(C)CC(Oc2ccc(Br)cc2)C(C)(C)O1. The number of ether oxygens (including phenoxy) is 2. The van der Waals surface area contributed by atoms with Gasteiger partial charge in [-0.05, 0) is 52.0 Å². The van der Waals surface area contributed by atoms with Crippen molar-refractivity contribution >= 4 is 15.9 Å². The van der Waals surface area contributed by atoms with Crippen LogP contribution in [-0.2, 0) is 4.74 Å². The second kappa shape index (κ2) is 4.29. The molecule has 0 spiro atoms. The molecule has 3 heteroatoms. The van der Waals surface area contributed by atoms with E-state index in [1.807, 2.05) is 24.3 Å². The highest BCUT2D eigenvalue weighted by Crippen LogP contribution is 2.39. The average Bonchev–Trinajstić information content (AvgIpc) is 2.38. The van der Waals surface area contributed by atoms with Crippen LogP contribution in [0.5, 0.6) is 5.75 Å². The number of hydrogen-bond donors (Lipinski definition) is 0. The molecule has 1 aliphatic rings. The van der Waals surface area contributed by atoms with Crippen LogP contribution in [0.15, 0.2) is 28.7 Å². The number of rotatable bonds is 2. The topological polar surface area (TPSA) is 18.5 Å². The Morgan fingerprint density at radius 2 is 1.76 bits per heavy atom. The second-order valence-corrected chi connectivity index (χ2v) is 6.65. The van der Waals surface area contributed by atoms with Gasteiger partial charge in [0, 0.05) is 10.9 Å². The Bertz CT molecular complexity index is 395. The fourth-order valence-corrected chi connectivity index (χ4v) is 2.64. The van der Waals surface area contributed by atoms with Crippen LogP contribution in [0.4, 0.5) is 0 Å². The van der Waals surface area contributed by atoms with Crippen LogP contribution in [0.25, 0.3) is 0 Å². The maximum atomic E-state index is 6.04. The third-order valence-corrected chi connectivity index (χ3v) is 3.61. The van der Waals surface area contributed by atoms with Crippen molar-refractivity contribution in [2.24, 2.45) is 0 Å². The summed E-state index contributed by atoms with van der Waals surface area (Å²) in [5.74, 6) is 0.896. The summed E-state index contributed by atoms with van der Waals surface area (Å²) in [5, 5.41) is 0. The molecule has 0 N–H and O–H groups in total. The van der Waals surface area contributed by atoms with Crippen LogP contribution in [0.1, 0.15) is 34.1 Å². The standard InChI is InChI=1S/C14H19BrO2/c1-13(2)9-12(14(3,4)17-13)16-11-7-5-10(15)6-8-11/h5-8,12H,9H2,1-4H3. The molecule has 1 saturated heterocycles. The van der Waals surface area contributed by atoms with Gasteiger partial charge >= 0.3 is 0 Å². The lowest BCUT2D eigenvalue weighted by Crippen LogP contribution is -2.36. The highest BCUT2D eigenvalue weighted by molar-refractivity contribution is 9.10. The smallest absolute Gasteiger partial charge is 0.130 e. The predicted molar refractivity (Wildman–Crippen MR) is 72.4 cm³/mol. The van der Waals surface area contributed by atoms with Crippen LogP contribution in [-0.4, -0.2) is 17.3 Å². The minimum absolute atomic E-state index is 0.0960. The van der Waals surface area contributed by atoms with Crippen LogP contribution >= 0.6 is 15.9 Å². The number of benzene rings is 1. The molecule has 0 aromatic heterocycles. The van der Waals surface area contributed by atoms with Crippen molar-refractivity contribution in [2.75, 3.05) is 0 Å². The Labute approximate surface area is 111 Å². The van der Waals surface area contributed by atoms with Crippen molar-refractivity contribution in [2.45, 2.75) is 51.4 Å². The molecule has 1 aromatic carbocycles. The first kappa shape index (κ1) is 12.9. The molecule has 1 fully saturated rings. The van der Waals surface area contributed by atoms with Gasteiger partial charge in [-0.15, -0.1) is 0 Å². The predicted octanol–water partition coefficient (Wildman–Crippen LogP) is 4.17. The van der Waals surface area contributed by atoms with Gasteiger partial charge in [-0.1, -0.05) is 15.9 Å². The maximum Gasteiger partial charge on any atom is 0.130 e. The summed E-state index contributed by atoms with van der Waals surface area (Å²) in [5.41, 5.74) is -0.347. The van der Waals surface area contributed by atoms with Gasteiger partial charge in [0.15, 0.2) is 0 Å². The first-order valence-electron chi connectivity index (χ1n) is 5.91. The summed E-state index contributed by atoms with van der Waals surface area (Å²) in [4.78, 5) is 0. The van der Waals surface area contributed by atoms with E-state index in [1.54, 1.807) is 0 Å². The molecule has 1 atom stereocenters. The lowest BCUT2D eigenvalue weighted by atomic mass is 9.97. The Kier molecular flexibility index (Phi) is 3.25. The van der Waals surface area contributed by atoms with Gasteiger partial charge < -0.3 is 9.47 Å². The third-order valence-electron chi connectivity index (χ3n) is 3.08. The fraction of sp³-hybridized carbons (Fsp3) is 0.571. The molecule has 0 radical (unpaired) electrons. The monoisotopic (exact) mass is 298 g/mol. The second-order valence-electron chi connectivity index (χ2n) is 5.73. The van der Waals surface area contributed by atoms with Gasteiger partial charge in [0.1, 0.15) is 17.5 Å². The van der Waals surface area contributed by atoms with Crippen LogP contribution in [0.2, 0.25) is 0 Å². The van der Waals surface area contributed by atoms with E-state index in [1.165, 1.54) is 0 Å². The van der Waals surface area contributed by atoms with Crippen molar-refractivity contribution < 1.29 is 9.47 Å². The molecule has 1 heterocycles. The third kappa shape index (κ3) is 3.02. The Hall–Kier alpha value is -0.540. The Morgan fingerprint density at radius 1 is 1.18 bits per heavy atom. The molecule has 1 aliphatic heterocycles. The molecule has 94 valence electrons. The molecular weight excluding hydrogens is 280 g/mol. The van der Waals surface area contributed by atoms with E-state index in [-0.39, 0.29) is 17.3 Å². The van der Waals surface area contributed by atoms with Crippen LogP contribution in [0, 0.1) is 0 Å². The molecule has 0 amide bonds. The quantitative estimate of drug-likeness (QED) is 0.816. The van der Waals surface area contributed by atoms with E-state index in [2.05, 4.69) is 43.6 Å². The van der Waals surface area contributed by atoms with Crippen molar-refractivity contribution in [3.05, 3.63) is 28.7 Å². The molecule has 2 rings (SSSR count). The zero-order valence-electron chi connectivity index (χ0n) is 10.8. The Balaban J connectivity index is 2.11. The largest absolute Gasteiger partial charge is 0.487 e. The fourth-order valence-electron chi connectivity index (χ4n) is 2.37. The van der Waals surface area contributed by atoms with E-state index in [0.29, 0.717) is 0 Å². The first-order valence-corrected chi connectivity index (χ1v) is 6.70. The van der Waals surface area contributed by atoms with Crippen molar-refractivity contribution in [1.29, 1.82) is 0 Å². The molecule has 1 unspecified atom stereocenters. The number of halogens is 1. The van der Waals surface area contributed by atoms with Gasteiger partial charge in [0.2, 0.25) is 0 Å². The molecular formula is C14H19BrO2. The van der Waals surface area contributed by atoms with Gasteiger partial charge in [0.25, 0.3) is 0 Å². The van der Waals surface area contributed by atoms with Crippen LogP contribution < -0.4 is 4.74 Å². The lowest BCUT2D eigenvalue weighted by Gasteiger charge is -2.27. The first-order chi connectivity index (χ1) is 7.78. The molecule has 0 saturated carbocycles. The van der Waals surface area contributed by atoms with Gasteiger partial charge in [-0.25, -0.2) is 0 Å².